The minimum atomic E-state index is 0.345. The molecule has 1 aromatic carbocycles. The zero-order valence-electron chi connectivity index (χ0n) is 6.91. The monoisotopic (exact) mass is 204 g/mol. The molecule has 4 N–H and O–H groups in total. The molecule has 0 saturated carbocycles. The van der Waals surface area contributed by atoms with E-state index in [1.807, 2.05) is 13.8 Å². The third-order valence-electron chi connectivity index (χ3n) is 2.02. The van der Waals surface area contributed by atoms with E-state index in [1.165, 1.54) is 0 Å². The third kappa shape index (κ3) is 1.21. The maximum absolute atomic E-state index is 5.89. The molecule has 0 aliphatic carbocycles. The van der Waals surface area contributed by atoms with E-state index >= 15 is 0 Å². The summed E-state index contributed by atoms with van der Waals surface area (Å²) in [5.41, 5.74) is 13.9. The normalized spacial score (nSPS) is 10.3. The van der Waals surface area contributed by atoms with Crippen LogP contribution in [0, 0.1) is 13.8 Å². The second-order valence-electron chi connectivity index (χ2n) is 2.71. The quantitative estimate of drug-likeness (QED) is 0.639. The highest BCUT2D eigenvalue weighted by molar-refractivity contribution is 6.44. The number of hydrogen-bond acceptors (Lipinski definition) is 2. The molecular weight excluding hydrogens is 195 g/mol. The van der Waals surface area contributed by atoms with E-state index in [4.69, 9.17) is 34.7 Å². The highest BCUT2D eigenvalue weighted by atomic mass is 35.5. The van der Waals surface area contributed by atoms with Crippen molar-refractivity contribution in [3.05, 3.63) is 21.2 Å². The summed E-state index contributed by atoms with van der Waals surface area (Å²) in [7, 11) is 0. The van der Waals surface area contributed by atoms with Gasteiger partial charge in [0, 0.05) is 0 Å². The molecule has 0 aromatic heterocycles. The number of nitrogen functional groups attached to an aromatic ring is 2. The first-order valence-corrected chi connectivity index (χ1v) is 4.21. The fraction of sp³-hybridized carbons (Fsp3) is 0.250. The van der Waals surface area contributed by atoms with Gasteiger partial charge in [-0.2, -0.15) is 0 Å². The summed E-state index contributed by atoms with van der Waals surface area (Å²) < 4.78 is 0. The van der Waals surface area contributed by atoms with Gasteiger partial charge in [0.2, 0.25) is 0 Å². The van der Waals surface area contributed by atoms with Gasteiger partial charge in [0.1, 0.15) is 0 Å². The van der Waals surface area contributed by atoms with Crippen molar-refractivity contribution in [2.45, 2.75) is 13.8 Å². The lowest BCUT2D eigenvalue weighted by Gasteiger charge is -2.11. The Balaban J connectivity index is 3.60. The van der Waals surface area contributed by atoms with Gasteiger partial charge in [0.25, 0.3) is 0 Å². The number of nitrogens with two attached hydrogens (primary N) is 2. The Morgan fingerprint density at radius 3 is 1.83 bits per heavy atom. The maximum atomic E-state index is 5.89. The molecule has 0 atom stereocenters. The molecule has 0 spiro atoms. The number of rotatable bonds is 0. The Labute approximate surface area is 81.4 Å². The fourth-order valence-corrected chi connectivity index (χ4v) is 1.46. The Kier molecular flexibility index (Phi) is 2.40. The zero-order valence-corrected chi connectivity index (χ0v) is 8.42. The van der Waals surface area contributed by atoms with E-state index < -0.39 is 0 Å². The van der Waals surface area contributed by atoms with E-state index in [0.717, 1.165) is 11.1 Å². The number of benzene rings is 1. The van der Waals surface area contributed by atoms with Crippen molar-refractivity contribution in [3.8, 4) is 0 Å². The summed E-state index contributed by atoms with van der Waals surface area (Å²) >= 11 is 11.7. The van der Waals surface area contributed by atoms with Crippen molar-refractivity contribution < 1.29 is 0 Å². The first-order valence-electron chi connectivity index (χ1n) is 3.46. The first-order chi connectivity index (χ1) is 5.46. The van der Waals surface area contributed by atoms with Crippen LogP contribution in [0.15, 0.2) is 0 Å². The number of halogens is 2. The topological polar surface area (TPSA) is 52.0 Å². The molecule has 4 heteroatoms. The van der Waals surface area contributed by atoms with Gasteiger partial charge < -0.3 is 11.5 Å². The molecule has 0 saturated heterocycles. The van der Waals surface area contributed by atoms with Crippen molar-refractivity contribution in [2.75, 3.05) is 11.5 Å². The minimum absolute atomic E-state index is 0.345. The summed E-state index contributed by atoms with van der Waals surface area (Å²) in [4.78, 5) is 0. The standard InChI is InChI=1S/C8H10Cl2N2/c1-3-4(2)7(11)8(12)6(10)5(3)9/h11-12H2,1-2H3. The van der Waals surface area contributed by atoms with Gasteiger partial charge in [-0.05, 0) is 25.0 Å². The van der Waals surface area contributed by atoms with E-state index in [-0.39, 0.29) is 0 Å². The molecule has 0 aliphatic heterocycles. The van der Waals surface area contributed by atoms with Crippen LogP contribution in [0.2, 0.25) is 10.0 Å². The molecule has 0 radical (unpaired) electrons. The zero-order chi connectivity index (χ0) is 9.46. The Bertz CT molecular complexity index is 229. The highest BCUT2D eigenvalue weighted by Crippen LogP contribution is 2.38. The summed E-state index contributed by atoms with van der Waals surface area (Å²) in [6.45, 7) is 3.72. The van der Waals surface area contributed by atoms with Crippen LogP contribution >= 0.6 is 23.2 Å². The van der Waals surface area contributed by atoms with Crippen LogP contribution < -0.4 is 11.5 Å². The van der Waals surface area contributed by atoms with Crippen molar-refractivity contribution in [3.63, 3.8) is 0 Å². The van der Waals surface area contributed by atoms with Crippen molar-refractivity contribution >= 4 is 34.6 Å². The Morgan fingerprint density at radius 2 is 1.33 bits per heavy atom. The van der Waals surface area contributed by atoms with Gasteiger partial charge in [-0.1, -0.05) is 23.2 Å². The van der Waals surface area contributed by atoms with E-state index in [2.05, 4.69) is 0 Å². The minimum Gasteiger partial charge on any atom is -0.397 e. The lowest BCUT2D eigenvalue weighted by atomic mass is 10.1. The summed E-state index contributed by atoms with van der Waals surface area (Å²) in [5.74, 6) is 0. The van der Waals surface area contributed by atoms with Crippen LogP contribution in [0.3, 0.4) is 0 Å². The Hall–Kier alpha value is -0.600. The summed E-state index contributed by atoms with van der Waals surface area (Å²) in [6, 6.07) is 0. The SMILES string of the molecule is Cc1c(C)c(Cl)c(Cl)c(N)c1N. The molecule has 0 aliphatic rings. The van der Waals surface area contributed by atoms with Crippen LogP contribution in [0.25, 0.3) is 0 Å². The predicted molar refractivity (Wildman–Crippen MR) is 54.8 cm³/mol. The van der Waals surface area contributed by atoms with E-state index in [0.29, 0.717) is 21.4 Å². The second kappa shape index (κ2) is 3.04. The van der Waals surface area contributed by atoms with Gasteiger partial charge in [0.05, 0.1) is 21.4 Å². The molecule has 12 heavy (non-hydrogen) atoms. The van der Waals surface area contributed by atoms with Gasteiger partial charge in [-0.25, -0.2) is 0 Å². The van der Waals surface area contributed by atoms with Crippen molar-refractivity contribution in [1.82, 2.24) is 0 Å². The van der Waals surface area contributed by atoms with Crippen molar-refractivity contribution in [2.24, 2.45) is 0 Å². The van der Waals surface area contributed by atoms with Gasteiger partial charge in [-0.3, -0.25) is 0 Å². The van der Waals surface area contributed by atoms with Crippen LogP contribution in [0.5, 0.6) is 0 Å². The fourth-order valence-electron chi connectivity index (χ4n) is 0.970. The van der Waals surface area contributed by atoms with Gasteiger partial charge >= 0.3 is 0 Å². The van der Waals surface area contributed by atoms with Gasteiger partial charge in [0.15, 0.2) is 0 Å². The number of hydrogen-bond donors (Lipinski definition) is 2. The molecule has 0 fully saturated rings. The van der Waals surface area contributed by atoms with Crippen LogP contribution in [0.1, 0.15) is 11.1 Å². The van der Waals surface area contributed by atoms with E-state index in [9.17, 15) is 0 Å². The highest BCUT2D eigenvalue weighted by Gasteiger charge is 2.12. The molecule has 66 valence electrons. The second-order valence-corrected chi connectivity index (χ2v) is 3.46. The van der Waals surface area contributed by atoms with Crippen LogP contribution in [0.4, 0.5) is 11.4 Å². The molecule has 1 aromatic rings. The van der Waals surface area contributed by atoms with Crippen LogP contribution in [-0.2, 0) is 0 Å². The lowest BCUT2D eigenvalue weighted by molar-refractivity contribution is 1.35. The Morgan fingerprint density at radius 1 is 0.833 bits per heavy atom. The van der Waals surface area contributed by atoms with Crippen molar-refractivity contribution in [1.29, 1.82) is 0 Å². The molecule has 0 amide bonds. The molecule has 2 nitrogen and oxygen atoms in total. The van der Waals surface area contributed by atoms with Crippen LogP contribution in [-0.4, -0.2) is 0 Å². The molecular formula is C8H10Cl2N2. The average Bonchev–Trinajstić information content (AvgIpc) is 2.08. The number of anilines is 2. The average molecular weight is 205 g/mol. The summed E-state index contributed by atoms with van der Waals surface area (Å²) in [6.07, 6.45) is 0. The molecule has 0 bridgehead atoms. The molecule has 0 heterocycles. The predicted octanol–water partition coefficient (Wildman–Crippen LogP) is 2.77. The first kappa shape index (κ1) is 9.49. The smallest absolute Gasteiger partial charge is 0.0845 e. The maximum Gasteiger partial charge on any atom is 0.0845 e. The molecule has 0 unspecified atom stereocenters. The largest absolute Gasteiger partial charge is 0.397 e. The third-order valence-corrected chi connectivity index (χ3v) is 2.98. The summed E-state index contributed by atoms with van der Waals surface area (Å²) in [5, 5.41) is 0.832. The lowest BCUT2D eigenvalue weighted by Crippen LogP contribution is -2.01. The molecule has 1 rings (SSSR count). The van der Waals surface area contributed by atoms with Gasteiger partial charge in [-0.15, -0.1) is 0 Å². The van der Waals surface area contributed by atoms with E-state index in [1.54, 1.807) is 0 Å².